The number of carbonyl (C=O) groups excluding carboxylic acids is 1. The van der Waals surface area contributed by atoms with E-state index in [4.69, 9.17) is 0 Å². The molecular weight excluding hydrogens is 324 g/mol. The third-order valence-electron chi connectivity index (χ3n) is 4.36. The highest BCUT2D eigenvalue weighted by molar-refractivity contribution is 7.08. The molecule has 0 spiro atoms. The van der Waals surface area contributed by atoms with Crippen LogP contribution >= 0.6 is 11.3 Å². The summed E-state index contributed by atoms with van der Waals surface area (Å²) in [7, 11) is 1.88. The number of rotatable bonds is 2. The number of nitrogens with zero attached hydrogens (tertiary/aromatic N) is 6. The number of thiophene rings is 1. The van der Waals surface area contributed by atoms with E-state index in [1.165, 1.54) is 0 Å². The lowest BCUT2D eigenvalue weighted by Crippen LogP contribution is -2.35. The first-order valence-electron chi connectivity index (χ1n) is 7.93. The maximum atomic E-state index is 12.5. The van der Waals surface area contributed by atoms with E-state index in [0.717, 1.165) is 48.5 Å². The first-order valence-corrected chi connectivity index (χ1v) is 8.87. The van der Waals surface area contributed by atoms with Gasteiger partial charge in [0.15, 0.2) is 5.65 Å². The van der Waals surface area contributed by atoms with Crippen LogP contribution in [0.15, 0.2) is 29.4 Å². The van der Waals surface area contributed by atoms with Crippen LogP contribution in [0.4, 0.5) is 5.82 Å². The first-order chi connectivity index (χ1) is 11.7. The van der Waals surface area contributed by atoms with Crippen molar-refractivity contribution in [3.63, 3.8) is 0 Å². The minimum atomic E-state index is 0.118. The largest absolute Gasteiger partial charge is 0.354 e. The first kappa shape index (κ1) is 15.1. The van der Waals surface area contributed by atoms with Crippen molar-refractivity contribution >= 4 is 34.1 Å². The summed E-state index contributed by atoms with van der Waals surface area (Å²) < 4.78 is 1.75. The molecular formula is C16H18N6OS. The van der Waals surface area contributed by atoms with E-state index in [9.17, 15) is 4.79 Å². The molecule has 1 aliphatic heterocycles. The smallest absolute Gasteiger partial charge is 0.254 e. The summed E-state index contributed by atoms with van der Waals surface area (Å²) in [6, 6.07) is 1.89. The molecule has 4 heterocycles. The Morgan fingerprint density at radius 3 is 2.96 bits per heavy atom. The predicted octanol–water partition coefficient (Wildman–Crippen LogP) is 1.78. The zero-order chi connectivity index (χ0) is 16.5. The Kier molecular flexibility index (Phi) is 3.89. The van der Waals surface area contributed by atoms with E-state index >= 15 is 0 Å². The molecule has 1 aliphatic rings. The van der Waals surface area contributed by atoms with Crippen molar-refractivity contribution in [1.82, 2.24) is 24.6 Å². The summed E-state index contributed by atoms with van der Waals surface area (Å²) in [5.74, 6) is 1.02. The maximum Gasteiger partial charge on any atom is 0.254 e. The van der Waals surface area contributed by atoms with E-state index < -0.39 is 0 Å². The minimum absolute atomic E-state index is 0.118. The van der Waals surface area contributed by atoms with Gasteiger partial charge in [0.05, 0.1) is 17.1 Å². The van der Waals surface area contributed by atoms with Gasteiger partial charge in [0.2, 0.25) is 0 Å². The van der Waals surface area contributed by atoms with E-state index in [-0.39, 0.29) is 5.91 Å². The van der Waals surface area contributed by atoms with Crippen LogP contribution in [0.2, 0.25) is 0 Å². The highest BCUT2D eigenvalue weighted by Crippen LogP contribution is 2.23. The fraction of sp³-hybridized carbons (Fsp3) is 0.375. The summed E-state index contributed by atoms with van der Waals surface area (Å²) in [5.41, 5.74) is 1.61. The average Bonchev–Trinajstić information content (AvgIpc) is 3.19. The van der Waals surface area contributed by atoms with Crippen LogP contribution in [0.1, 0.15) is 16.8 Å². The van der Waals surface area contributed by atoms with E-state index in [2.05, 4.69) is 20.0 Å². The number of hydrogen-bond donors (Lipinski definition) is 0. The highest BCUT2D eigenvalue weighted by Gasteiger charge is 2.22. The van der Waals surface area contributed by atoms with Gasteiger partial charge in [0, 0.05) is 38.6 Å². The molecule has 1 fully saturated rings. The second-order valence-corrected chi connectivity index (χ2v) is 6.63. The summed E-state index contributed by atoms with van der Waals surface area (Å²) in [4.78, 5) is 25.5. The SMILES string of the molecule is Cn1ncc2c(N3CCCN(C(=O)c4ccsc4)CC3)ncnc21. The van der Waals surface area contributed by atoms with Gasteiger partial charge < -0.3 is 9.80 Å². The third-order valence-corrected chi connectivity index (χ3v) is 5.04. The lowest BCUT2D eigenvalue weighted by atomic mass is 10.3. The third kappa shape index (κ3) is 2.62. The van der Waals surface area contributed by atoms with Crippen molar-refractivity contribution in [1.29, 1.82) is 0 Å². The quantitative estimate of drug-likeness (QED) is 0.710. The average molecular weight is 342 g/mol. The van der Waals surface area contributed by atoms with Crippen molar-refractivity contribution in [2.24, 2.45) is 7.05 Å². The molecule has 1 saturated heterocycles. The Bertz CT molecular complexity index is 859. The minimum Gasteiger partial charge on any atom is -0.354 e. The van der Waals surface area contributed by atoms with Crippen molar-refractivity contribution in [2.45, 2.75) is 6.42 Å². The van der Waals surface area contributed by atoms with Crippen molar-refractivity contribution in [3.8, 4) is 0 Å². The number of amides is 1. The van der Waals surface area contributed by atoms with Crippen molar-refractivity contribution in [2.75, 3.05) is 31.1 Å². The molecule has 3 aromatic heterocycles. The van der Waals surface area contributed by atoms with Gasteiger partial charge in [-0.3, -0.25) is 9.48 Å². The van der Waals surface area contributed by atoms with E-state index in [0.29, 0.717) is 6.54 Å². The molecule has 0 atom stereocenters. The van der Waals surface area contributed by atoms with Crippen LogP contribution in [0.3, 0.4) is 0 Å². The molecule has 7 nitrogen and oxygen atoms in total. The predicted molar refractivity (Wildman–Crippen MR) is 93.4 cm³/mol. The summed E-state index contributed by atoms with van der Waals surface area (Å²) in [5, 5.41) is 9.09. The molecule has 8 heteroatoms. The van der Waals surface area contributed by atoms with Gasteiger partial charge in [-0.1, -0.05) is 0 Å². The number of hydrogen-bond acceptors (Lipinski definition) is 6. The van der Waals surface area contributed by atoms with Crippen LogP contribution in [0.25, 0.3) is 11.0 Å². The zero-order valence-corrected chi connectivity index (χ0v) is 14.2. The fourth-order valence-electron chi connectivity index (χ4n) is 3.10. The molecule has 0 radical (unpaired) electrons. The topological polar surface area (TPSA) is 67.2 Å². The Hall–Kier alpha value is -2.48. The number of aromatic nitrogens is 4. The molecule has 0 bridgehead atoms. The Labute approximate surface area is 143 Å². The Morgan fingerprint density at radius 2 is 2.12 bits per heavy atom. The van der Waals surface area contributed by atoms with Gasteiger partial charge in [0.1, 0.15) is 12.1 Å². The zero-order valence-electron chi connectivity index (χ0n) is 13.4. The molecule has 24 heavy (non-hydrogen) atoms. The lowest BCUT2D eigenvalue weighted by molar-refractivity contribution is 0.0767. The number of carbonyl (C=O) groups is 1. The summed E-state index contributed by atoms with van der Waals surface area (Å²) >= 11 is 1.55. The van der Waals surface area contributed by atoms with Crippen LogP contribution < -0.4 is 4.90 Å². The molecule has 0 unspecified atom stereocenters. The standard InChI is InChI=1S/C16H18N6OS/c1-20-14-13(9-19-20)15(18-11-17-14)21-4-2-5-22(7-6-21)16(23)12-3-8-24-10-12/h3,8-11H,2,4-7H2,1H3. The van der Waals surface area contributed by atoms with Crippen LogP contribution in [0.5, 0.6) is 0 Å². The number of anilines is 1. The van der Waals surface area contributed by atoms with Gasteiger partial charge in [-0.25, -0.2) is 9.97 Å². The normalized spacial score (nSPS) is 15.7. The Morgan fingerprint density at radius 1 is 1.21 bits per heavy atom. The second-order valence-electron chi connectivity index (χ2n) is 5.85. The molecule has 1 amide bonds. The van der Waals surface area contributed by atoms with Crippen LogP contribution in [-0.2, 0) is 7.05 Å². The lowest BCUT2D eigenvalue weighted by Gasteiger charge is -2.23. The molecule has 124 valence electrons. The van der Waals surface area contributed by atoms with Gasteiger partial charge in [-0.2, -0.15) is 16.4 Å². The summed E-state index contributed by atoms with van der Waals surface area (Å²) in [6.45, 7) is 3.10. The maximum absolute atomic E-state index is 12.5. The molecule has 0 saturated carbocycles. The van der Waals surface area contributed by atoms with Crippen molar-refractivity contribution in [3.05, 3.63) is 34.9 Å². The summed E-state index contributed by atoms with van der Waals surface area (Å²) in [6.07, 6.45) is 4.31. The molecule has 0 aliphatic carbocycles. The second kappa shape index (κ2) is 6.20. The van der Waals surface area contributed by atoms with E-state index in [1.54, 1.807) is 22.3 Å². The molecule has 3 aromatic rings. The molecule has 4 rings (SSSR count). The monoisotopic (exact) mass is 342 g/mol. The molecule has 0 aromatic carbocycles. The van der Waals surface area contributed by atoms with Gasteiger partial charge in [0.25, 0.3) is 5.91 Å². The van der Waals surface area contributed by atoms with Crippen molar-refractivity contribution < 1.29 is 4.79 Å². The molecule has 0 N–H and O–H groups in total. The number of aryl methyl sites for hydroxylation is 1. The van der Waals surface area contributed by atoms with Gasteiger partial charge in [-0.05, 0) is 17.9 Å². The highest BCUT2D eigenvalue weighted by atomic mass is 32.1. The van der Waals surface area contributed by atoms with Crippen LogP contribution in [0, 0.1) is 0 Å². The van der Waals surface area contributed by atoms with Gasteiger partial charge >= 0.3 is 0 Å². The Balaban J connectivity index is 1.55. The fourth-order valence-corrected chi connectivity index (χ4v) is 3.73. The van der Waals surface area contributed by atoms with Crippen LogP contribution in [-0.4, -0.2) is 56.7 Å². The number of fused-ring (bicyclic) bond motifs is 1. The van der Waals surface area contributed by atoms with E-state index in [1.807, 2.05) is 35.0 Å². The van der Waals surface area contributed by atoms with Gasteiger partial charge in [-0.15, -0.1) is 0 Å².